The van der Waals surface area contributed by atoms with Crippen molar-refractivity contribution in [3.05, 3.63) is 82.9 Å². The molecule has 2 heterocycles. The molecule has 0 unspecified atom stereocenters. The molecule has 1 fully saturated rings. The van der Waals surface area contributed by atoms with E-state index in [9.17, 15) is 23.1 Å². The Morgan fingerprint density at radius 1 is 1.05 bits per heavy atom. The van der Waals surface area contributed by atoms with E-state index in [4.69, 9.17) is 9.72 Å². The Balaban J connectivity index is 1.52. The van der Waals surface area contributed by atoms with Crippen LogP contribution < -0.4 is 9.47 Å². The number of carboxylic acid groups (broad SMARTS) is 1. The summed E-state index contributed by atoms with van der Waals surface area (Å²) in [5, 5.41) is 9.96. The number of hydrogen-bond acceptors (Lipinski definition) is 5. The van der Waals surface area contributed by atoms with Crippen molar-refractivity contribution in [2.24, 2.45) is 5.92 Å². The maximum absolute atomic E-state index is 12.7. The van der Waals surface area contributed by atoms with Gasteiger partial charge < -0.3 is 19.1 Å². The molecule has 0 saturated heterocycles. The number of ether oxygens (including phenoxy) is 2. The lowest BCUT2D eigenvalue weighted by Gasteiger charge is -2.28. The van der Waals surface area contributed by atoms with Gasteiger partial charge in [-0.2, -0.15) is 0 Å². The molecule has 1 aliphatic carbocycles. The molecule has 0 amide bonds. The number of benzene rings is 2. The van der Waals surface area contributed by atoms with Crippen LogP contribution in [0.15, 0.2) is 54.7 Å². The van der Waals surface area contributed by atoms with Crippen LogP contribution >= 0.6 is 0 Å². The van der Waals surface area contributed by atoms with Gasteiger partial charge in [0.15, 0.2) is 0 Å². The summed E-state index contributed by atoms with van der Waals surface area (Å²) in [6.45, 7) is 4.26. The minimum Gasteiger partial charge on any atom is -0.487 e. The quantitative estimate of drug-likeness (QED) is 0.255. The average Bonchev–Trinajstić information content (AvgIpc) is 3.26. The fraction of sp³-hybridized carbons (Fsp3) is 0.367. The van der Waals surface area contributed by atoms with Crippen LogP contribution in [0.2, 0.25) is 0 Å². The number of nitrogens with zero attached hydrogens (tertiary/aromatic N) is 3. The molecule has 2 aromatic heterocycles. The molecular formula is C30H30F3N3O4. The maximum atomic E-state index is 12.7. The van der Waals surface area contributed by atoms with Gasteiger partial charge in [0.25, 0.3) is 0 Å². The standard InChI is InChI=1S/C30H30F3N3O4/c1-18-7-9-21(34-15-18)17-39-22-11-12-26-27(14-22)36(28(35-26)24-5-3-4-6-25(24)29(37)38)16-20-8-10-23(13-19(20)2)40-30(31,32)33/h7-15,24-25H,3-6,16-17H2,1-2H3,(H,37,38)/t24-,25+/m1/s1. The number of imidazole rings is 1. The highest BCUT2D eigenvalue weighted by Gasteiger charge is 2.35. The molecule has 0 aliphatic heterocycles. The first-order valence-corrected chi connectivity index (χ1v) is 13.2. The van der Waals surface area contributed by atoms with Crippen molar-refractivity contribution in [2.45, 2.75) is 65.0 Å². The highest BCUT2D eigenvalue weighted by atomic mass is 19.4. The molecule has 1 aliphatic rings. The highest BCUT2D eigenvalue weighted by molar-refractivity contribution is 5.79. The number of rotatable bonds is 8. The Bertz CT molecular complexity index is 1520. The summed E-state index contributed by atoms with van der Waals surface area (Å²) in [5.41, 5.74) is 4.67. The third kappa shape index (κ3) is 6.21. The van der Waals surface area contributed by atoms with Gasteiger partial charge >= 0.3 is 12.3 Å². The van der Waals surface area contributed by atoms with Crippen molar-refractivity contribution in [1.82, 2.24) is 14.5 Å². The van der Waals surface area contributed by atoms with Crippen molar-refractivity contribution < 1.29 is 32.5 Å². The van der Waals surface area contributed by atoms with E-state index in [1.165, 1.54) is 12.1 Å². The first-order valence-electron chi connectivity index (χ1n) is 13.2. The first-order chi connectivity index (χ1) is 19.1. The molecule has 0 bridgehead atoms. The Morgan fingerprint density at radius 3 is 2.52 bits per heavy atom. The van der Waals surface area contributed by atoms with Crippen LogP contribution in [0.5, 0.6) is 11.5 Å². The average molecular weight is 554 g/mol. The van der Waals surface area contributed by atoms with Crippen molar-refractivity contribution >= 4 is 17.0 Å². The molecule has 0 spiro atoms. The van der Waals surface area contributed by atoms with E-state index in [-0.39, 0.29) is 18.3 Å². The number of halogens is 3. The number of aryl methyl sites for hydroxylation is 2. The van der Waals surface area contributed by atoms with Gasteiger partial charge in [0.05, 0.1) is 22.6 Å². The number of alkyl halides is 3. The Labute approximate surface area is 229 Å². The largest absolute Gasteiger partial charge is 0.573 e. The molecule has 2 aromatic carbocycles. The van der Waals surface area contributed by atoms with Crippen LogP contribution in [0, 0.1) is 19.8 Å². The SMILES string of the molecule is Cc1ccc(COc2ccc3nc([C@@H]4CCCC[C@@H]4C(=O)O)n(Cc4ccc(OC(F)(F)F)cc4C)c3c2)nc1. The summed E-state index contributed by atoms with van der Waals surface area (Å²) < 4.78 is 50.3. The van der Waals surface area contributed by atoms with Crippen LogP contribution in [0.4, 0.5) is 13.2 Å². The lowest BCUT2D eigenvalue weighted by molar-refractivity contribution is -0.274. The smallest absolute Gasteiger partial charge is 0.487 e. The Kier molecular flexibility index (Phi) is 7.69. The molecule has 2 atom stereocenters. The van der Waals surface area contributed by atoms with Gasteiger partial charge in [-0.25, -0.2) is 4.98 Å². The predicted octanol–water partition coefficient (Wildman–Crippen LogP) is 6.93. The molecule has 0 radical (unpaired) electrons. The minimum absolute atomic E-state index is 0.274. The fourth-order valence-corrected chi connectivity index (χ4v) is 5.35. The van der Waals surface area contributed by atoms with E-state index < -0.39 is 18.2 Å². The fourth-order valence-electron chi connectivity index (χ4n) is 5.35. The highest BCUT2D eigenvalue weighted by Crippen LogP contribution is 2.40. The first kappa shape index (κ1) is 27.5. The summed E-state index contributed by atoms with van der Waals surface area (Å²) in [7, 11) is 0. The second-order valence-corrected chi connectivity index (χ2v) is 10.3. The number of pyridine rings is 1. The van der Waals surface area contributed by atoms with Crippen molar-refractivity contribution in [2.75, 3.05) is 0 Å². The van der Waals surface area contributed by atoms with Gasteiger partial charge in [-0.1, -0.05) is 25.0 Å². The van der Waals surface area contributed by atoms with E-state index in [2.05, 4.69) is 9.72 Å². The molecule has 210 valence electrons. The Morgan fingerprint density at radius 2 is 1.82 bits per heavy atom. The van der Waals surface area contributed by atoms with E-state index in [1.54, 1.807) is 19.2 Å². The summed E-state index contributed by atoms with van der Waals surface area (Å²) in [6.07, 6.45) is 0.0128. The topological polar surface area (TPSA) is 86.5 Å². The number of aromatic nitrogens is 3. The van der Waals surface area contributed by atoms with Gasteiger partial charge in [-0.15, -0.1) is 13.2 Å². The van der Waals surface area contributed by atoms with Crippen molar-refractivity contribution in [3.8, 4) is 11.5 Å². The second-order valence-electron chi connectivity index (χ2n) is 10.3. The number of aliphatic carboxylic acids is 1. The molecule has 1 saturated carbocycles. The predicted molar refractivity (Wildman–Crippen MR) is 142 cm³/mol. The van der Waals surface area contributed by atoms with Crippen LogP contribution in [0.25, 0.3) is 11.0 Å². The van der Waals surface area contributed by atoms with Gasteiger partial charge in [0, 0.05) is 24.7 Å². The number of hydrogen-bond donors (Lipinski definition) is 1. The minimum atomic E-state index is -4.78. The molecular weight excluding hydrogens is 523 g/mol. The normalized spacial score (nSPS) is 17.6. The van der Waals surface area contributed by atoms with E-state index in [0.29, 0.717) is 42.0 Å². The zero-order chi connectivity index (χ0) is 28.4. The third-order valence-electron chi connectivity index (χ3n) is 7.40. The monoisotopic (exact) mass is 553 g/mol. The molecule has 10 heteroatoms. The van der Waals surface area contributed by atoms with E-state index in [1.807, 2.05) is 41.8 Å². The van der Waals surface area contributed by atoms with Gasteiger partial charge in [-0.05, 0) is 73.7 Å². The van der Waals surface area contributed by atoms with Crippen LogP contribution in [0.3, 0.4) is 0 Å². The lowest BCUT2D eigenvalue weighted by atomic mass is 9.78. The van der Waals surface area contributed by atoms with E-state index >= 15 is 0 Å². The van der Waals surface area contributed by atoms with Crippen molar-refractivity contribution in [3.63, 3.8) is 0 Å². The lowest BCUT2D eigenvalue weighted by Crippen LogP contribution is -2.28. The summed E-state index contributed by atoms with van der Waals surface area (Å²) >= 11 is 0. The number of fused-ring (bicyclic) bond motifs is 1. The Hall–Kier alpha value is -4.08. The second kappa shape index (κ2) is 11.2. The van der Waals surface area contributed by atoms with Gasteiger partial charge in [-0.3, -0.25) is 9.78 Å². The molecule has 7 nitrogen and oxygen atoms in total. The molecule has 1 N–H and O–H groups in total. The van der Waals surface area contributed by atoms with E-state index in [0.717, 1.165) is 35.2 Å². The van der Waals surface area contributed by atoms with Crippen LogP contribution in [0.1, 0.15) is 59.8 Å². The number of carboxylic acids is 1. The molecule has 40 heavy (non-hydrogen) atoms. The third-order valence-corrected chi connectivity index (χ3v) is 7.40. The van der Waals surface area contributed by atoms with Crippen molar-refractivity contribution in [1.29, 1.82) is 0 Å². The molecule has 4 aromatic rings. The molecule has 5 rings (SSSR count). The zero-order valence-corrected chi connectivity index (χ0v) is 22.2. The number of carbonyl (C=O) groups is 1. The summed E-state index contributed by atoms with van der Waals surface area (Å²) in [6, 6.07) is 13.7. The summed E-state index contributed by atoms with van der Waals surface area (Å²) in [4.78, 5) is 21.4. The zero-order valence-electron chi connectivity index (χ0n) is 22.2. The summed E-state index contributed by atoms with van der Waals surface area (Å²) in [5.74, 6) is -0.712. The maximum Gasteiger partial charge on any atom is 0.573 e. The van der Waals surface area contributed by atoms with Gasteiger partial charge in [0.2, 0.25) is 0 Å². The van der Waals surface area contributed by atoms with Gasteiger partial charge in [0.1, 0.15) is 23.9 Å². The van der Waals surface area contributed by atoms with Crippen LogP contribution in [-0.4, -0.2) is 32.0 Å². The van der Waals surface area contributed by atoms with Crippen LogP contribution in [-0.2, 0) is 17.9 Å².